The number of hydrogen-bond acceptors (Lipinski definition) is 8. The number of esters is 2. The van der Waals surface area contributed by atoms with Gasteiger partial charge in [-0.05, 0) is 38.5 Å². The van der Waals surface area contributed by atoms with Crippen LogP contribution in [0.15, 0.2) is 12.1 Å². The molecule has 0 unspecified atom stereocenters. The molecule has 0 aliphatic heterocycles. The number of carbonyl (C=O) groups excluding carboxylic acids is 2. The zero-order chi connectivity index (χ0) is 19.4. The molecule has 1 rings (SSSR count). The van der Waals surface area contributed by atoms with Crippen molar-refractivity contribution in [2.24, 2.45) is 0 Å². The fraction of sp³-hybridized carbons (Fsp3) is 0.556. The lowest BCUT2D eigenvalue weighted by atomic mass is 10.1. The van der Waals surface area contributed by atoms with Crippen LogP contribution in [-0.2, 0) is 9.47 Å². The first-order chi connectivity index (χ1) is 12.6. The number of hydrogen-bond donors (Lipinski definition) is 0. The van der Waals surface area contributed by atoms with Crippen LogP contribution in [0.4, 0.5) is 0 Å². The average Bonchev–Trinajstić information content (AvgIpc) is 2.63. The van der Waals surface area contributed by atoms with Crippen molar-refractivity contribution in [2.45, 2.75) is 13.8 Å². The summed E-state index contributed by atoms with van der Waals surface area (Å²) in [4.78, 5) is 24.6. The lowest BCUT2D eigenvalue weighted by molar-refractivity contribution is 0.0503. The number of rotatable bonds is 12. The Balaban J connectivity index is 3.28. The highest BCUT2D eigenvalue weighted by molar-refractivity contribution is 7.98. The van der Waals surface area contributed by atoms with Gasteiger partial charge in [-0.2, -0.15) is 23.5 Å². The molecule has 0 fully saturated rings. The van der Waals surface area contributed by atoms with Gasteiger partial charge in [0.15, 0.2) is 0 Å². The van der Waals surface area contributed by atoms with Gasteiger partial charge in [-0.1, -0.05) is 0 Å². The van der Waals surface area contributed by atoms with Crippen LogP contribution >= 0.6 is 23.5 Å². The Labute approximate surface area is 163 Å². The van der Waals surface area contributed by atoms with Crippen molar-refractivity contribution in [3.8, 4) is 11.5 Å². The molecule has 0 radical (unpaired) electrons. The first-order valence-corrected chi connectivity index (χ1v) is 11.1. The Bertz CT molecular complexity index is 540. The summed E-state index contributed by atoms with van der Waals surface area (Å²) >= 11 is 3.24. The van der Waals surface area contributed by atoms with Gasteiger partial charge in [0.1, 0.15) is 22.6 Å². The van der Waals surface area contributed by atoms with Gasteiger partial charge in [-0.3, -0.25) is 0 Å². The molecular weight excluding hydrogens is 376 g/mol. The molecule has 6 nitrogen and oxygen atoms in total. The Hall–Kier alpha value is -1.54. The molecule has 0 bridgehead atoms. The minimum Gasteiger partial charge on any atom is -0.492 e. The number of carbonyl (C=O) groups is 2. The molecule has 0 aliphatic carbocycles. The molecule has 0 atom stereocenters. The van der Waals surface area contributed by atoms with E-state index in [4.69, 9.17) is 18.9 Å². The van der Waals surface area contributed by atoms with Crippen LogP contribution < -0.4 is 9.47 Å². The second-order valence-electron chi connectivity index (χ2n) is 4.97. The van der Waals surface area contributed by atoms with E-state index in [1.54, 1.807) is 37.4 Å². The maximum absolute atomic E-state index is 12.3. The smallest absolute Gasteiger partial charge is 0.342 e. The molecule has 146 valence electrons. The van der Waals surface area contributed by atoms with Crippen molar-refractivity contribution >= 4 is 35.5 Å². The zero-order valence-corrected chi connectivity index (χ0v) is 17.3. The quantitative estimate of drug-likeness (QED) is 0.388. The molecule has 0 amide bonds. The van der Waals surface area contributed by atoms with Crippen LogP contribution in [0, 0.1) is 0 Å². The van der Waals surface area contributed by atoms with Crippen molar-refractivity contribution in [1.29, 1.82) is 0 Å². The molecule has 0 saturated carbocycles. The van der Waals surface area contributed by atoms with Crippen LogP contribution in [0.5, 0.6) is 11.5 Å². The summed E-state index contributed by atoms with van der Waals surface area (Å²) in [6.45, 7) is 4.76. The predicted molar refractivity (Wildman–Crippen MR) is 106 cm³/mol. The van der Waals surface area contributed by atoms with E-state index >= 15 is 0 Å². The predicted octanol–water partition coefficient (Wildman–Crippen LogP) is 3.52. The third-order valence-electron chi connectivity index (χ3n) is 3.16. The SMILES string of the molecule is CCOC(=O)c1cc(OCCSC)c(C(=O)OCC)cc1OCCSC. The molecule has 0 aliphatic rings. The van der Waals surface area contributed by atoms with E-state index in [0.717, 1.165) is 11.5 Å². The van der Waals surface area contributed by atoms with Gasteiger partial charge in [0.2, 0.25) is 0 Å². The summed E-state index contributed by atoms with van der Waals surface area (Å²) < 4.78 is 21.6. The number of benzene rings is 1. The molecular formula is C18H26O6S2. The summed E-state index contributed by atoms with van der Waals surface area (Å²) in [6.07, 6.45) is 3.92. The maximum Gasteiger partial charge on any atom is 0.342 e. The fourth-order valence-corrected chi connectivity index (χ4v) is 2.51. The van der Waals surface area contributed by atoms with Crippen LogP contribution in [0.1, 0.15) is 34.6 Å². The minimum atomic E-state index is -0.517. The number of thioether (sulfide) groups is 2. The van der Waals surface area contributed by atoms with Gasteiger partial charge in [0, 0.05) is 11.5 Å². The Kier molecular flexibility index (Phi) is 11.0. The molecule has 0 N–H and O–H groups in total. The monoisotopic (exact) mass is 402 g/mol. The third-order valence-corrected chi connectivity index (χ3v) is 4.31. The molecule has 1 aromatic carbocycles. The second-order valence-corrected chi connectivity index (χ2v) is 6.94. The lowest BCUT2D eigenvalue weighted by Crippen LogP contribution is -2.14. The van der Waals surface area contributed by atoms with Crippen molar-refractivity contribution in [3.05, 3.63) is 23.3 Å². The van der Waals surface area contributed by atoms with Gasteiger partial charge >= 0.3 is 11.9 Å². The molecule has 0 heterocycles. The summed E-state index contributed by atoms with van der Waals surface area (Å²) in [7, 11) is 0. The van der Waals surface area contributed by atoms with E-state index in [2.05, 4.69) is 0 Å². The lowest BCUT2D eigenvalue weighted by Gasteiger charge is -2.16. The van der Waals surface area contributed by atoms with Crippen molar-refractivity contribution < 1.29 is 28.5 Å². The van der Waals surface area contributed by atoms with E-state index in [0.29, 0.717) is 13.2 Å². The van der Waals surface area contributed by atoms with E-state index in [-0.39, 0.29) is 35.8 Å². The van der Waals surface area contributed by atoms with E-state index in [1.165, 1.54) is 12.1 Å². The standard InChI is InChI=1S/C18H26O6S2/c1-5-21-17(19)13-11-16(24-8-10-26-4)14(18(20)22-6-2)12-15(13)23-7-9-25-3/h11-12H,5-10H2,1-4H3. The van der Waals surface area contributed by atoms with Gasteiger partial charge in [0.05, 0.1) is 26.4 Å². The van der Waals surface area contributed by atoms with E-state index in [1.807, 2.05) is 12.5 Å². The van der Waals surface area contributed by atoms with Gasteiger partial charge in [0.25, 0.3) is 0 Å². The topological polar surface area (TPSA) is 71.1 Å². The molecule has 0 aromatic heterocycles. The highest BCUT2D eigenvalue weighted by atomic mass is 32.2. The fourth-order valence-electron chi connectivity index (χ4n) is 2.01. The molecule has 26 heavy (non-hydrogen) atoms. The highest BCUT2D eigenvalue weighted by Crippen LogP contribution is 2.31. The summed E-state index contributed by atoms with van der Waals surface area (Å²) in [5.74, 6) is 1.05. The maximum atomic E-state index is 12.3. The number of ether oxygens (including phenoxy) is 4. The molecule has 1 aromatic rings. The van der Waals surface area contributed by atoms with Crippen LogP contribution in [0.3, 0.4) is 0 Å². The van der Waals surface area contributed by atoms with Crippen LogP contribution in [0.2, 0.25) is 0 Å². The molecule has 8 heteroatoms. The first-order valence-electron chi connectivity index (χ1n) is 8.34. The molecule has 0 saturated heterocycles. The summed E-state index contributed by atoms with van der Waals surface area (Å²) in [5.41, 5.74) is 0.473. The van der Waals surface area contributed by atoms with Crippen molar-refractivity contribution in [1.82, 2.24) is 0 Å². The van der Waals surface area contributed by atoms with Gasteiger partial charge < -0.3 is 18.9 Å². The van der Waals surface area contributed by atoms with Crippen molar-refractivity contribution in [2.75, 3.05) is 50.4 Å². The van der Waals surface area contributed by atoms with E-state index < -0.39 is 11.9 Å². The second kappa shape index (κ2) is 12.8. The normalized spacial score (nSPS) is 10.3. The first kappa shape index (κ1) is 22.5. The zero-order valence-electron chi connectivity index (χ0n) is 15.7. The largest absolute Gasteiger partial charge is 0.492 e. The Morgan fingerprint density at radius 1 is 0.808 bits per heavy atom. The Morgan fingerprint density at radius 2 is 1.19 bits per heavy atom. The van der Waals surface area contributed by atoms with Gasteiger partial charge in [-0.25, -0.2) is 9.59 Å². The minimum absolute atomic E-state index is 0.236. The Morgan fingerprint density at radius 3 is 1.50 bits per heavy atom. The van der Waals surface area contributed by atoms with E-state index in [9.17, 15) is 9.59 Å². The van der Waals surface area contributed by atoms with Crippen LogP contribution in [0.25, 0.3) is 0 Å². The molecule has 0 spiro atoms. The van der Waals surface area contributed by atoms with Gasteiger partial charge in [-0.15, -0.1) is 0 Å². The summed E-state index contributed by atoms with van der Waals surface area (Å²) in [5, 5.41) is 0. The summed E-state index contributed by atoms with van der Waals surface area (Å²) in [6, 6.07) is 3.00. The average molecular weight is 403 g/mol. The van der Waals surface area contributed by atoms with Crippen LogP contribution in [-0.4, -0.2) is 62.4 Å². The highest BCUT2D eigenvalue weighted by Gasteiger charge is 2.23. The van der Waals surface area contributed by atoms with Crippen molar-refractivity contribution in [3.63, 3.8) is 0 Å². The third kappa shape index (κ3) is 6.99.